The van der Waals surface area contributed by atoms with Crippen LogP contribution in [-0.2, 0) is 17.9 Å². The lowest BCUT2D eigenvalue weighted by molar-refractivity contribution is 0.181. The molecule has 0 aliphatic carbocycles. The molecule has 1 aliphatic rings. The van der Waals surface area contributed by atoms with E-state index in [1.54, 1.807) is 7.11 Å². The normalized spacial score (nSPS) is 21.6. The van der Waals surface area contributed by atoms with Crippen LogP contribution in [0.2, 0.25) is 0 Å². The van der Waals surface area contributed by atoms with E-state index in [0.717, 1.165) is 25.3 Å². The SMILES string of the molecule is COCc1cn(C[C@@H]2CCNC2)nn1. The summed E-state index contributed by atoms with van der Waals surface area (Å²) in [6.07, 6.45) is 3.20. The molecule has 0 amide bonds. The van der Waals surface area contributed by atoms with E-state index in [-0.39, 0.29) is 0 Å². The van der Waals surface area contributed by atoms with Crippen molar-refractivity contribution in [2.45, 2.75) is 19.6 Å². The minimum atomic E-state index is 0.545. The molecule has 1 aromatic rings. The topological polar surface area (TPSA) is 52.0 Å². The van der Waals surface area contributed by atoms with Crippen molar-refractivity contribution < 1.29 is 4.74 Å². The zero-order valence-electron chi connectivity index (χ0n) is 8.44. The molecule has 1 aromatic heterocycles. The summed E-state index contributed by atoms with van der Waals surface area (Å²) < 4.78 is 6.89. The van der Waals surface area contributed by atoms with Gasteiger partial charge in [0.15, 0.2) is 0 Å². The Bertz CT molecular complexity index is 280. The lowest BCUT2D eigenvalue weighted by atomic mass is 10.1. The molecule has 0 bridgehead atoms. The monoisotopic (exact) mass is 196 g/mol. The molecule has 2 rings (SSSR count). The van der Waals surface area contributed by atoms with Crippen LogP contribution in [-0.4, -0.2) is 35.2 Å². The fourth-order valence-electron chi connectivity index (χ4n) is 1.78. The van der Waals surface area contributed by atoms with Gasteiger partial charge in [0.05, 0.1) is 12.8 Å². The molecule has 2 heterocycles. The van der Waals surface area contributed by atoms with Crippen LogP contribution in [0.15, 0.2) is 6.20 Å². The number of hydrogen-bond acceptors (Lipinski definition) is 4. The maximum Gasteiger partial charge on any atom is 0.108 e. The Morgan fingerprint density at radius 1 is 1.71 bits per heavy atom. The van der Waals surface area contributed by atoms with Crippen LogP contribution in [0.1, 0.15) is 12.1 Å². The summed E-state index contributed by atoms with van der Waals surface area (Å²) in [5.41, 5.74) is 0.901. The van der Waals surface area contributed by atoms with Gasteiger partial charge >= 0.3 is 0 Å². The van der Waals surface area contributed by atoms with E-state index >= 15 is 0 Å². The molecule has 0 spiro atoms. The van der Waals surface area contributed by atoms with Gasteiger partial charge in [0, 0.05) is 13.7 Å². The van der Waals surface area contributed by atoms with Crippen LogP contribution >= 0.6 is 0 Å². The summed E-state index contributed by atoms with van der Waals surface area (Å²) in [4.78, 5) is 0. The Morgan fingerprint density at radius 3 is 3.36 bits per heavy atom. The molecular weight excluding hydrogens is 180 g/mol. The number of methoxy groups -OCH3 is 1. The minimum absolute atomic E-state index is 0.545. The van der Waals surface area contributed by atoms with Crippen LogP contribution in [0.3, 0.4) is 0 Å². The largest absolute Gasteiger partial charge is 0.378 e. The van der Waals surface area contributed by atoms with Crippen LogP contribution in [0.5, 0.6) is 0 Å². The second-order valence-electron chi connectivity index (χ2n) is 3.72. The molecule has 1 fully saturated rings. The molecule has 0 saturated carbocycles. The van der Waals surface area contributed by atoms with Gasteiger partial charge in [0.1, 0.15) is 5.69 Å². The molecular formula is C9H16N4O. The zero-order valence-corrected chi connectivity index (χ0v) is 8.44. The first-order chi connectivity index (χ1) is 6.88. The Hall–Kier alpha value is -0.940. The third kappa shape index (κ3) is 2.30. The van der Waals surface area contributed by atoms with Crippen molar-refractivity contribution in [3.8, 4) is 0 Å². The van der Waals surface area contributed by atoms with Crippen LogP contribution in [0.4, 0.5) is 0 Å². The Morgan fingerprint density at radius 2 is 2.64 bits per heavy atom. The Balaban J connectivity index is 1.88. The zero-order chi connectivity index (χ0) is 9.80. The molecule has 14 heavy (non-hydrogen) atoms. The molecule has 5 heteroatoms. The van der Waals surface area contributed by atoms with Gasteiger partial charge in [-0.05, 0) is 25.4 Å². The molecule has 0 aromatic carbocycles. The lowest BCUT2D eigenvalue weighted by Gasteiger charge is -2.06. The molecule has 5 nitrogen and oxygen atoms in total. The third-order valence-electron chi connectivity index (χ3n) is 2.49. The Kier molecular flexibility index (Phi) is 3.10. The molecule has 1 N–H and O–H groups in total. The minimum Gasteiger partial charge on any atom is -0.378 e. The number of rotatable bonds is 4. The van der Waals surface area contributed by atoms with Gasteiger partial charge in [-0.3, -0.25) is 4.68 Å². The second-order valence-corrected chi connectivity index (χ2v) is 3.72. The van der Waals surface area contributed by atoms with Gasteiger partial charge in [-0.1, -0.05) is 5.21 Å². The van der Waals surface area contributed by atoms with E-state index in [0.29, 0.717) is 12.5 Å². The molecule has 0 radical (unpaired) electrons. The summed E-state index contributed by atoms with van der Waals surface area (Å²) in [5.74, 6) is 0.701. The first-order valence-corrected chi connectivity index (χ1v) is 4.97. The Labute approximate surface area is 83.4 Å². The van der Waals surface area contributed by atoms with E-state index < -0.39 is 0 Å². The van der Waals surface area contributed by atoms with Crippen molar-refractivity contribution in [1.82, 2.24) is 20.3 Å². The number of hydrogen-bond donors (Lipinski definition) is 1. The van der Waals surface area contributed by atoms with E-state index in [9.17, 15) is 0 Å². The smallest absolute Gasteiger partial charge is 0.108 e. The van der Waals surface area contributed by atoms with Crippen LogP contribution in [0, 0.1) is 5.92 Å². The average molecular weight is 196 g/mol. The summed E-state index contributed by atoms with van der Waals surface area (Å²) in [7, 11) is 1.67. The number of ether oxygens (including phenoxy) is 1. The number of nitrogens with one attached hydrogen (secondary N) is 1. The molecule has 1 aliphatic heterocycles. The van der Waals surface area contributed by atoms with Gasteiger partial charge in [0.2, 0.25) is 0 Å². The van der Waals surface area contributed by atoms with E-state index in [4.69, 9.17) is 4.74 Å². The average Bonchev–Trinajstić information content (AvgIpc) is 2.79. The molecule has 78 valence electrons. The first-order valence-electron chi connectivity index (χ1n) is 4.97. The number of nitrogens with zero attached hydrogens (tertiary/aromatic N) is 3. The predicted octanol–water partition coefficient (Wildman–Crippen LogP) is 0.0340. The highest BCUT2D eigenvalue weighted by atomic mass is 16.5. The lowest BCUT2D eigenvalue weighted by Crippen LogP contribution is -2.14. The second kappa shape index (κ2) is 4.52. The standard InChI is InChI=1S/C9H16N4O/c1-14-7-9-6-13(12-11-9)5-8-2-3-10-4-8/h6,8,10H,2-5,7H2,1H3/t8-/m1/s1. The summed E-state index contributed by atoms with van der Waals surface area (Å²) in [5, 5.41) is 11.4. The quantitative estimate of drug-likeness (QED) is 0.738. The van der Waals surface area contributed by atoms with E-state index in [1.807, 2.05) is 10.9 Å². The van der Waals surface area contributed by atoms with Gasteiger partial charge in [-0.15, -0.1) is 5.10 Å². The van der Waals surface area contributed by atoms with E-state index in [1.165, 1.54) is 6.42 Å². The summed E-state index contributed by atoms with van der Waals surface area (Å²) in [6.45, 7) is 3.73. The van der Waals surface area contributed by atoms with Crippen LogP contribution < -0.4 is 5.32 Å². The fraction of sp³-hybridized carbons (Fsp3) is 0.778. The number of aromatic nitrogens is 3. The van der Waals surface area contributed by atoms with Crippen LogP contribution in [0.25, 0.3) is 0 Å². The fourth-order valence-corrected chi connectivity index (χ4v) is 1.78. The molecule has 1 saturated heterocycles. The van der Waals surface area contributed by atoms with Crippen molar-refractivity contribution in [2.24, 2.45) is 5.92 Å². The van der Waals surface area contributed by atoms with Gasteiger partial charge in [-0.25, -0.2) is 0 Å². The van der Waals surface area contributed by atoms with Gasteiger partial charge < -0.3 is 10.1 Å². The highest BCUT2D eigenvalue weighted by molar-refractivity contribution is 4.90. The predicted molar refractivity (Wildman–Crippen MR) is 51.7 cm³/mol. The van der Waals surface area contributed by atoms with Crippen molar-refractivity contribution in [3.63, 3.8) is 0 Å². The summed E-state index contributed by atoms with van der Waals surface area (Å²) >= 11 is 0. The highest BCUT2D eigenvalue weighted by Crippen LogP contribution is 2.09. The van der Waals surface area contributed by atoms with Crippen molar-refractivity contribution in [2.75, 3.05) is 20.2 Å². The van der Waals surface area contributed by atoms with E-state index in [2.05, 4.69) is 15.6 Å². The highest BCUT2D eigenvalue weighted by Gasteiger charge is 2.15. The third-order valence-corrected chi connectivity index (χ3v) is 2.49. The molecule has 0 unspecified atom stereocenters. The van der Waals surface area contributed by atoms with Crippen molar-refractivity contribution in [3.05, 3.63) is 11.9 Å². The van der Waals surface area contributed by atoms with Crippen molar-refractivity contribution >= 4 is 0 Å². The maximum absolute atomic E-state index is 4.98. The van der Waals surface area contributed by atoms with Gasteiger partial charge in [-0.2, -0.15) is 0 Å². The summed E-state index contributed by atoms with van der Waals surface area (Å²) in [6, 6.07) is 0. The maximum atomic E-state index is 4.98. The first kappa shape index (κ1) is 9.61. The van der Waals surface area contributed by atoms with Gasteiger partial charge in [0.25, 0.3) is 0 Å². The molecule has 1 atom stereocenters. The van der Waals surface area contributed by atoms with Crippen molar-refractivity contribution in [1.29, 1.82) is 0 Å².